The van der Waals surface area contributed by atoms with E-state index in [9.17, 15) is 8.42 Å². The first-order valence-corrected chi connectivity index (χ1v) is 9.75. The lowest BCUT2D eigenvalue weighted by Gasteiger charge is -2.43. The molecule has 2 aliphatic rings. The highest BCUT2D eigenvalue weighted by atomic mass is 32.2. The van der Waals surface area contributed by atoms with Gasteiger partial charge in [0.1, 0.15) is 5.75 Å². The molecule has 1 aromatic carbocycles. The van der Waals surface area contributed by atoms with Crippen molar-refractivity contribution in [2.75, 3.05) is 45.7 Å². The van der Waals surface area contributed by atoms with Crippen LogP contribution in [0.4, 0.5) is 5.69 Å². The smallest absolute Gasteiger partial charge is 0.244 e. The number of hydrogen-bond acceptors (Lipinski definition) is 6. The molecule has 1 atom stereocenters. The van der Waals surface area contributed by atoms with E-state index in [1.54, 1.807) is 16.4 Å². The molecule has 8 heteroatoms. The van der Waals surface area contributed by atoms with Crippen LogP contribution in [0.3, 0.4) is 0 Å². The molecule has 2 fully saturated rings. The molecule has 3 rings (SSSR count). The average Bonchev–Trinajstić information content (AvgIpc) is 2.62. The van der Waals surface area contributed by atoms with E-state index < -0.39 is 10.0 Å². The van der Waals surface area contributed by atoms with E-state index in [2.05, 4.69) is 4.90 Å². The van der Waals surface area contributed by atoms with Crippen LogP contribution >= 0.6 is 0 Å². The fourth-order valence-electron chi connectivity index (χ4n) is 3.40. The van der Waals surface area contributed by atoms with Crippen molar-refractivity contribution in [3.05, 3.63) is 18.2 Å². The maximum atomic E-state index is 13.2. The number of anilines is 1. The summed E-state index contributed by atoms with van der Waals surface area (Å²) in [4.78, 5) is 2.45. The topological polar surface area (TPSA) is 85.1 Å². The van der Waals surface area contributed by atoms with Gasteiger partial charge in [0.05, 0.1) is 37.1 Å². The van der Waals surface area contributed by atoms with Crippen LogP contribution in [0.15, 0.2) is 23.1 Å². The van der Waals surface area contributed by atoms with Gasteiger partial charge in [0, 0.05) is 25.7 Å². The first kappa shape index (κ1) is 17.5. The average molecular weight is 355 g/mol. The Bertz CT molecular complexity index is 674. The molecule has 0 radical (unpaired) electrons. The second-order valence-corrected chi connectivity index (χ2v) is 8.03. The first-order valence-electron chi connectivity index (χ1n) is 8.31. The lowest BCUT2D eigenvalue weighted by Crippen LogP contribution is -2.55. The third-order valence-corrected chi connectivity index (χ3v) is 6.59. The van der Waals surface area contributed by atoms with Crippen LogP contribution in [-0.4, -0.2) is 63.7 Å². The summed E-state index contributed by atoms with van der Waals surface area (Å²) in [6.45, 7) is 3.38. The van der Waals surface area contributed by atoms with Crippen LogP contribution < -0.4 is 10.5 Å². The Morgan fingerprint density at radius 1 is 1.21 bits per heavy atom. The largest absolute Gasteiger partial charge is 0.495 e. The second-order valence-electron chi connectivity index (χ2n) is 6.14. The van der Waals surface area contributed by atoms with Gasteiger partial charge in [-0.2, -0.15) is 4.31 Å². The first-order chi connectivity index (χ1) is 11.5. The van der Waals surface area contributed by atoms with Gasteiger partial charge in [0.2, 0.25) is 10.0 Å². The number of benzene rings is 1. The molecule has 0 bridgehead atoms. The van der Waals surface area contributed by atoms with Gasteiger partial charge in [0.25, 0.3) is 0 Å². The molecule has 7 nitrogen and oxygen atoms in total. The van der Waals surface area contributed by atoms with Gasteiger partial charge in [-0.15, -0.1) is 0 Å². The van der Waals surface area contributed by atoms with E-state index in [0.29, 0.717) is 31.2 Å². The lowest BCUT2D eigenvalue weighted by molar-refractivity contribution is -0.0215. The summed E-state index contributed by atoms with van der Waals surface area (Å²) in [5, 5.41) is 0. The van der Waals surface area contributed by atoms with Crippen molar-refractivity contribution in [1.29, 1.82) is 0 Å². The fraction of sp³-hybridized carbons (Fsp3) is 0.625. The molecular formula is C16H25N3O4S. The van der Waals surface area contributed by atoms with E-state index in [1.165, 1.54) is 13.2 Å². The molecule has 1 unspecified atom stereocenters. The number of rotatable bonds is 4. The zero-order valence-corrected chi connectivity index (χ0v) is 14.8. The Kier molecular flexibility index (Phi) is 5.29. The van der Waals surface area contributed by atoms with Crippen LogP contribution in [0.25, 0.3) is 0 Å². The lowest BCUT2D eigenvalue weighted by atomic mass is 10.1. The molecule has 134 valence electrons. The van der Waals surface area contributed by atoms with Crippen LogP contribution in [0.1, 0.15) is 19.3 Å². The van der Waals surface area contributed by atoms with Gasteiger partial charge in [-0.1, -0.05) is 0 Å². The minimum absolute atomic E-state index is 0.101. The van der Waals surface area contributed by atoms with E-state index in [4.69, 9.17) is 15.2 Å². The van der Waals surface area contributed by atoms with Crippen molar-refractivity contribution in [2.24, 2.45) is 0 Å². The number of morpholine rings is 1. The van der Waals surface area contributed by atoms with Gasteiger partial charge >= 0.3 is 0 Å². The van der Waals surface area contributed by atoms with E-state index in [1.807, 2.05) is 0 Å². The summed E-state index contributed by atoms with van der Waals surface area (Å²) in [7, 11) is -2.11. The van der Waals surface area contributed by atoms with Crippen LogP contribution in [0, 0.1) is 0 Å². The molecule has 0 aliphatic carbocycles. The van der Waals surface area contributed by atoms with Gasteiger partial charge in [-0.25, -0.2) is 8.42 Å². The maximum Gasteiger partial charge on any atom is 0.244 e. The van der Waals surface area contributed by atoms with E-state index in [-0.39, 0.29) is 11.1 Å². The van der Waals surface area contributed by atoms with Crippen molar-refractivity contribution in [2.45, 2.75) is 30.3 Å². The van der Waals surface area contributed by atoms with Crippen molar-refractivity contribution >= 4 is 15.7 Å². The molecule has 1 aromatic rings. The zero-order valence-electron chi connectivity index (χ0n) is 14.0. The maximum absolute atomic E-state index is 13.2. The van der Waals surface area contributed by atoms with Crippen LogP contribution in [0.2, 0.25) is 0 Å². The molecule has 24 heavy (non-hydrogen) atoms. The number of piperidine rings is 1. The van der Waals surface area contributed by atoms with Crippen LogP contribution in [-0.2, 0) is 14.8 Å². The molecule has 0 spiro atoms. The van der Waals surface area contributed by atoms with E-state index in [0.717, 1.165) is 32.4 Å². The Labute approximate surface area is 143 Å². The molecule has 2 saturated heterocycles. The fourth-order valence-corrected chi connectivity index (χ4v) is 5.09. The summed E-state index contributed by atoms with van der Waals surface area (Å²) in [6.07, 6.45) is 2.67. The van der Waals surface area contributed by atoms with Gasteiger partial charge < -0.3 is 15.2 Å². The number of nitrogens with two attached hydrogens (primary N) is 1. The normalized spacial score (nSPS) is 24.0. The van der Waals surface area contributed by atoms with Crippen LogP contribution in [0.5, 0.6) is 5.75 Å². The molecule has 2 heterocycles. The van der Waals surface area contributed by atoms with Gasteiger partial charge in [0.15, 0.2) is 0 Å². The number of ether oxygens (including phenoxy) is 2. The minimum atomic E-state index is -3.59. The van der Waals surface area contributed by atoms with Crippen molar-refractivity contribution in [3.63, 3.8) is 0 Å². The third kappa shape index (κ3) is 3.37. The minimum Gasteiger partial charge on any atom is -0.495 e. The molecular weight excluding hydrogens is 330 g/mol. The predicted molar refractivity (Wildman–Crippen MR) is 91.3 cm³/mol. The Morgan fingerprint density at radius 3 is 2.67 bits per heavy atom. The number of hydrogen-bond donors (Lipinski definition) is 1. The molecule has 0 amide bonds. The second kappa shape index (κ2) is 7.26. The standard InChI is InChI=1S/C16H25N3O4S/c1-22-15-12-13(5-6-14(15)17)24(20,21)19-7-3-2-4-16(19)18-8-10-23-11-9-18/h5-6,12,16H,2-4,7-11,17H2,1H3. The molecule has 2 N–H and O–H groups in total. The summed E-state index contributed by atoms with van der Waals surface area (Å²) < 4.78 is 38.6. The summed E-state index contributed by atoms with van der Waals surface area (Å²) in [5.74, 6) is 0.385. The summed E-state index contributed by atoms with van der Waals surface area (Å²) in [6, 6.07) is 4.65. The molecule has 0 saturated carbocycles. The highest BCUT2D eigenvalue weighted by molar-refractivity contribution is 7.89. The van der Waals surface area contributed by atoms with Crippen molar-refractivity contribution in [3.8, 4) is 5.75 Å². The Hall–Kier alpha value is -1.35. The zero-order chi connectivity index (χ0) is 17.2. The Balaban J connectivity index is 1.91. The van der Waals surface area contributed by atoms with Crippen molar-refractivity contribution < 1.29 is 17.9 Å². The van der Waals surface area contributed by atoms with Crippen molar-refractivity contribution in [1.82, 2.24) is 9.21 Å². The SMILES string of the molecule is COc1cc(S(=O)(=O)N2CCCCC2N2CCOCC2)ccc1N. The number of nitrogens with zero attached hydrogens (tertiary/aromatic N) is 2. The summed E-state index contributed by atoms with van der Waals surface area (Å²) in [5.41, 5.74) is 6.24. The highest BCUT2D eigenvalue weighted by Crippen LogP contribution is 2.31. The third-order valence-electron chi connectivity index (χ3n) is 4.70. The predicted octanol–water partition coefficient (Wildman–Crippen LogP) is 1.11. The molecule has 2 aliphatic heterocycles. The number of sulfonamides is 1. The number of methoxy groups -OCH3 is 1. The van der Waals surface area contributed by atoms with E-state index >= 15 is 0 Å². The molecule has 0 aromatic heterocycles. The quantitative estimate of drug-likeness (QED) is 0.815. The van der Waals surface area contributed by atoms with Gasteiger partial charge in [-0.05, 0) is 31.4 Å². The number of nitrogen functional groups attached to an aromatic ring is 1. The Morgan fingerprint density at radius 2 is 1.96 bits per heavy atom. The highest BCUT2D eigenvalue weighted by Gasteiger charge is 2.37. The monoisotopic (exact) mass is 355 g/mol. The summed E-state index contributed by atoms with van der Waals surface area (Å²) >= 11 is 0. The van der Waals surface area contributed by atoms with Gasteiger partial charge in [-0.3, -0.25) is 4.90 Å².